The molecule has 1 saturated heterocycles. The number of carbonyl (C=O) groups is 1. The van der Waals surface area contributed by atoms with Gasteiger partial charge in [-0.1, -0.05) is 11.2 Å². The second-order valence-electron chi connectivity index (χ2n) is 6.91. The van der Waals surface area contributed by atoms with Crippen molar-refractivity contribution in [1.29, 1.82) is 0 Å². The van der Waals surface area contributed by atoms with E-state index in [0.29, 0.717) is 24.7 Å². The van der Waals surface area contributed by atoms with E-state index in [0.717, 1.165) is 24.1 Å². The number of benzene rings is 1. The third-order valence-corrected chi connectivity index (χ3v) is 5.23. The molecule has 0 N–H and O–H groups in total. The number of hydrogen-bond donors (Lipinski definition) is 0. The summed E-state index contributed by atoms with van der Waals surface area (Å²) in [4.78, 5) is 23.0. The van der Waals surface area contributed by atoms with Crippen LogP contribution in [0.1, 0.15) is 35.8 Å². The van der Waals surface area contributed by atoms with Crippen molar-refractivity contribution in [2.24, 2.45) is 0 Å². The summed E-state index contributed by atoms with van der Waals surface area (Å²) >= 11 is 0. The van der Waals surface area contributed by atoms with Crippen LogP contribution < -0.4 is 4.90 Å². The molecule has 3 aromatic rings. The van der Waals surface area contributed by atoms with Crippen LogP contribution in [0.5, 0.6) is 0 Å². The molecule has 1 aliphatic heterocycles. The van der Waals surface area contributed by atoms with Crippen LogP contribution in [0.4, 0.5) is 5.69 Å². The van der Waals surface area contributed by atoms with E-state index in [1.54, 1.807) is 12.4 Å². The van der Waals surface area contributed by atoms with Crippen LogP contribution in [-0.4, -0.2) is 27.6 Å². The lowest BCUT2D eigenvalue weighted by atomic mass is 10.1. The zero-order chi connectivity index (χ0) is 17.5. The van der Waals surface area contributed by atoms with Gasteiger partial charge in [-0.15, -0.1) is 0 Å². The number of aryl methyl sites for hydroxylation is 2. The Morgan fingerprint density at radius 2 is 2.08 bits per heavy atom. The van der Waals surface area contributed by atoms with Crippen LogP contribution in [0.25, 0.3) is 11.4 Å². The highest BCUT2D eigenvalue weighted by Gasteiger charge is 2.35. The number of anilines is 1. The van der Waals surface area contributed by atoms with Crippen LogP contribution in [0, 0.1) is 0 Å². The van der Waals surface area contributed by atoms with Crippen molar-refractivity contribution in [2.75, 3.05) is 11.4 Å². The van der Waals surface area contributed by atoms with Gasteiger partial charge in [-0.2, -0.15) is 4.98 Å². The molecule has 1 amide bonds. The Morgan fingerprint density at radius 3 is 2.96 bits per heavy atom. The quantitative estimate of drug-likeness (QED) is 0.728. The second kappa shape index (κ2) is 6.05. The van der Waals surface area contributed by atoms with Crippen LogP contribution in [0.2, 0.25) is 0 Å². The Kier molecular flexibility index (Phi) is 3.55. The molecule has 5 rings (SSSR count). The van der Waals surface area contributed by atoms with E-state index in [9.17, 15) is 4.79 Å². The van der Waals surface area contributed by atoms with E-state index in [4.69, 9.17) is 4.52 Å². The molecule has 26 heavy (non-hydrogen) atoms. The van der Waals surface area contributed by atoms with Crippen molar-refractivity contribution >= 4 is 11.6 Å². The van der Waals surface area contributed by atoms with Gasteiger partial charge in [0.2, 0.25) is 17.6 Å². The molecule has 1 aliphatic carbocycles. The summed E-state index contributed by atoms with van der Waals surface area (Å²) in [6.07, 6.45) is 7.25. The Bertz CT molecular complexity index is 967. The zero-order valence-electron chi connectivity index (χ0n) is 14.3. The summed E-state index contributed by atoms with van der Waals surface area (Å²) in [6, 6.07) is 10.1. The van der Waals surface area contributed by atoms with E-state index < -0.39 is 0 Å². The number of hydrogen-bond acceptors (Lipinski definition) is 5. The van der Waals surface area contributed by atoms with Crippen LogP contribution in [-0.2, 0) is 17.6 Å². The molecule has 6 nitrogen and oxygen atoms in total. The van der Waals surface area contributed by atoms with Crippen molar-refractivity contribution in [3.8, 4) is 11.4 Å². The zero-order valence-corrected chi connectivity index (χ0v) is 14.3. The molecule has 1 aromatic carbocycles. The molecule has 2 aromatic heterocycles. The van der Waals surface area contributed by atoms with Gasteiger partial charge in [-0.05, 0) is 54.7 Å². The Hall–Kier alpha value is -3.02. The lowest BCUT2D eigenvalue weighted by molar-refractivity contribution is -0.117. The van der Waals surface area contributed by atoms with E-state index in [1.165, 1.54) is 17.5 Å². The van der Waals surface area contributed by atoms with Crippen molar-refractivity contribution < 1.29 is 9.32 Å². The molecule has 0 saturated carbocycles. The van der Waals surface area contributed by atoms with Crippen LogP contribution in [0.15, 0.2) is 47.2 Å². The van der Waals surface area contributed by atoms with Gasteiger partial charge in [-0.3, -0.25) is 9.78 Å². The van der Waals surface area contributed by atoms with Gasteiger partial charge in [0.1, 0.15) is 0 Å². The van der Waals surface area contributed by atoms with E-state index in [1.807, 2.05) is 17.0 Å². The van der Waals surface area contributed by atoms with Gasteiger partial charge >= 0.3 is 0 Å². The molecule has 1 fully saturated rings. The van der Waals surface area contributed by atoms with Gasteiger partial charge in [0, 0.05) is 36.6 Å². The predicted octanol–water partition coefficient (Wildman–Crippen LogP) is 3.14. The van der Waals surface area contributed by atoms with Crippen LogP contribution in [0.3, 0.4) is 0 Å². The molecule has 1 atom stereocenters. The van der Waals surface area contributed by atoms with E-state index >= 15 is 0 Å². The van der Waals surface area contributed by atoms with E-state index in [-0.39, 0.29) is 11.8 Å². The van der Waals surface area contributed by atoms with Gasteiger partial charge < -0.3 is 9.42 Å². The fourth-order valence-corrected chi connectivity index (χ4v) is 3.86. The summed E-state index contributed by atoms with van der Waals surface area (Å²) in [5.74, 6) is 1.06. The minimum Gasteiger partial charge on any atom is -0.339 e. The number of nitrogens with zero attached hydrogens (tertiary/aromatic N) is 4. The summed E-state index contributed by atoms with van der Waals surface area (Å²) in [5, 5.41) is 4.05. The maximum absolute atomic E-state index is 12.6. The Labute approximate surface area is 150 Å². The molecule has 6 heteroatoms. The van der Waals surface area contributed by atoms with Crippen molar-refractivity contribution in [3.63, 3.8) is 0 Å². The average Bonchev–Trinajstić information content (AvgIpc) is 3.41. The highest BCUT2D eigenvalue weighted by atomic mass is 16.5. The fraction of sp³-hybridized carbons (Fsp3) is 0.300. The standard InChI is InChI=1S/C20H18N4O2/c25-18-10-16(20-22-19(23-26-20)15-5-2-8-21-11-15)12-24(18)17-7-6-13-3-1-4-14(13)9-17/h2,5-9,11,16H,1,3-4,10,12H2. The highest BCUT2D eigenvalue weighted by Crippen LogP contribution is 2.34. The van der Waals surface area contributed by atoms with Crippen LogP contribution >= 0.6 is 0 Å². The van der Waals surface area contributed by atoms with Crippen molar-refractivity contribution in [3.05, 3.63) is 59.7 Å². The average molecular weight is 346 g/mol. The third-order valence-electron chi connectivity index (χ3n) is 5.23. The molecule has 0 spiro atoms. The number of fused-ring (bicyclic) bond motifs is 1. The topological polar surface area (TPSA) is 72.1 Å². The molecule has 0 radical (unpaired) electrons. The SMILES string of the molecule is O=C1CC(c2nc(-c3cccnc3)no2)CN1c1ccc2c(c1)CCC2. The second-order valence-corrected chi connectivity index (χ2v) is 6.91. The maximum Gasteiger partial charge on any atom is 0.232 e. The fourth-order valence-electron chi connectivity index (χ4n) is 3.86. The lowest BCUT2D eigenvalue weighted by Crippen LogP contribution is -2.24. The first-order chi connectivity index (χ1) is 12.8. The minimum absolute atomic E-state index is 0.0753. The molecule has 130 valence electrons. The first kappa shape index (κ1) is 15.3. The number of rotatable bonds is 3. The monoisotopic (exact) mass is 346 g/mol. The predicted molar refractivity (Wildman–Crippen MR) is 95.7 cm³/mol. The highest BCUT2D eigenvalue weighted by molar-refractivity contribution is 5.96. The molecular formula is C20H18N4O2. The lowest BCUT2D eigenvalue weighted by Gasteiger charge is -2.17. The van der Waals surface area contributed by atoms with Gasteiger partial charge in [0.25, 0.3) is 0 Å². The molecule has 2 aliphatic rings. The summed E-state index contributed by atoms with van der Waals surface area (Å²) in [7, 11) is 0. The third kappa shape index (κ3) is 2.58. The van der Waals surface area contributed by atoms with Gasteiger partial charge in [0.15, 0.2) is 0 Å². The number of carbonyl (C=O) groups excluding carboxylic acids is 1. The largest absolute Gasteiger partial charge is 0.339 e. The van der Waals surface area contributed by atoms with Gasteiger partial charge in [-0.25, -0.2) is 0 Å². The number of pyridine rings is 1. The van der Waals surface area contributed by atoms with Crippen molar-refractivity contribution in [1.82, 2.24) is 15.1 Å². The number of aromatic nitrogens is 3. The molecule has 1 unspecified atom stereocenters. The first-order valence-corrected chi connectivity index (χ1v) is 8.94. The summed E-state index contributed by atoms with van der Waals surface area (Å²) in [5.41, 5.74) is 4.57. The molecule has 3 heterocycles. The summed E-state index contributed by atoms with van der Waals surface area (Å²) in [6.45, 7) is 0.576. The Morgan fingerprint density at radius 1 is 1.15 bits per heavy atom. The molecular weight excluding hydrogens is 328 g/mol. The normalized spacial score (nSPS) is 19.2. The van der Waals surface area contributed by atoms with E-state index in [2.05, 4.69) is 33.3 Å². The van der Waals surface area contributed by atoms with Gasteiger partial charge in [0.05, 0.1) is 5.92 Å². The maximum atomic E-state index is 12.6. The summed E-state index contributed by atoms with van der Waals surface area (Å²) < 4.78 is 5.44. The first-order valence-electron chi connectivity index (χ1n) is 8.94. The minimum atomic E-state index is -0.0753. The smallest absolute Gasteiger partial charge is 0.232 e. The molecule has 0 bridgehead atoms. The van der Waals surface area contributed by atoms with Crippen molar-refractivity contribution in [2.45, 2.75) is 31.6 Å². The Balaban J connectivity index is 1.38. The number of amides is 1.